The molecule has 2 nitrogen and oxygen atoms in total. The summed E-state index contributed by atoms with van der Waals surface area (Å²) in [6.07, 6.45) is 0.677. The Hall–Kier alpha value is -2.34. The highest BCUT2D eigenvalue weighted by Gasteiger charge is 2.51. The first-order valence-electron chi connectivity index (χ1n) is 11.3. The number of hydrogen-bond donors (Lipinski definition) is 2. The summed E-state index contributed by atoms with van der Waals surface area (Å²) in [4.78, 5) is 0. The maximum absolute atomic E-state index is 12.2. The Labute approximate surface area is 199 Å². The Kier molecular flexibility index (Phi) is 8.07. The molecule has 0 fully saturated rings. The lowest BCUT2D eigenvalue weighted by Gasteiger charge is -2.34. The lowest BCUT2D eigenvalue weighted by Crippen LogP contribution is -2.39. The van der Waals surface area contributed by atoms with Gasteiger partial charge in [0.05, 0.1) is 12.3 Å². The maximum atomic E-state index is 12.2. The van der Waals surface area contributed by atoms with Gasteiger partial charge in [0.15, 0.2) is 5.85 Å². The van der Waals surface area contributed by atoms with Gasteiger partial charge in [-0.15, -0.1) is 0 Å². The van der Waals surface area contributed by atoms with E-state index in [2.05, 4.69) is 72.8 Å². The minimum Gasteiger partial charge on any atom is -0.390 e. The summed E-state index contributed by atoms with van der Waals surface area (Å²) in [7, 11) is -3.09. The van der Waals surface area contributed by atoms with Crippen molar-refractivity contribution in [3.63, 3.8) is 0 Å². The highest BCUT2D eigenvalue weighted by molar-refractivity contribution is 7.90. The third-order valence-electron chi connectivity index (χ3n) is 5.98. The Morgan fingerprint density at radius 2 is 0.970 bits per heavy atom. The van der Waals surface area contributed by atoms with Gasteiger partial charge in [-0.2, -0.15) is 0 Å². The fourth-order valence-electron chi connectivity index (χ4n) is 4.51. The van der Waals surface area contributed by atoms with E-state index in [1.165, 1.54) is 10.6 Å². The molecule has 0 heterocycles. The van der Waals surface area contributed by atoms with E-state index in [4.69, 9.17) is 0 Å². The topological polar surface area (TPSA) is 40.5 Å². The standard InChI is InChI=1S/C29H31O2P2/c1-24(30)23-33(27-18-10-4-11-19-27,28-20-12-5-13-21-28)29(31)22-32(25-14-6-2-7-15-25)26-16-8-3-9-17-26/h2-21,24,29-31H,22-23H2,1H3/q+1. The minimum atomic E-state index is -2.32. The van der Waals surface area contributed by atoms with Gasteiger partial charge in [-0.1, -0.05) is 97.1 Å². The maximum Gasteiger partial charge on any atom is 0.178 e. The number of aliphatic hydroxyl groups is 2. The molecule has 4 heteroatoms. The van der Waals surface area contributed by atoms with Crippen molar-refractivity contribution in [3.8, 4) is 0 Å². The predicted molar refractivity (Wildman–Crippen MR) is 146 cm³/mol. The van der Waals surface area contributed by atoms with Crippen LogP contribution in [-0.4, -0.2) is 34.5 Å². The van der Waals surface area contributed by atoms with Gasteiger partial charge in [0.2, 0.25) is 0 Å². The average molecular weight is 474 g/mol. The van der Waals surface area contributed by atoms with Crippen molar-refractivity contribution in [3.05, 3.63) is 121 Å². The van der Waals surface area contributed by atoms with Gasteiger partial charge in [-0.3, -0.25) is 0 Å². The van der Waals surface area contributed by atoms with E-state index >= 15 is 0 Å². The van der Waals surface area contributed by atoms with E-state index in [-0.39, 0.29) is 0 Å². The summed E-state index contributed by atoms with van der Waals surface area (Å²) in [6, 6.07) is 41.8. The normalized spacial score (nSPS) is 13.6. The molecular formula is C29H31O2P2+. The van der Waals surface area contributed by atoms with Crippen LogP contribution in [0.25, 0.3) is 0 Å². The zero-order valence-electron chi connectivity index (χ0n) is 18.9. The zero-order valence-corrected chi connectivity index (χ0v) is 20.7. The number of aliphatic hydroxyl groups excluding tert-OH is 2. The molecule has 0 aliphatic heterocycles. The summed E-state index contributed by atoms with van der Waals surface area (Å²) in [5.74, 6) is -0.580. The van der Waals surface area contributed by atoms with E-state index in [0.29, 0.717) is 12.3 Å². The van der Waals surface area contributed by atoms with Crippen molar-refractivity contribution in [2.75, 3.05) is 12.3 Å². The molecule has 2 atom stereocenters. The first-order valence-corrected chi connectivity index (χ1v) is 14.9. The molecule has 0 saturated heterocycles. The molecule has 168 valence electrons. The van der Waals surface area contributed by atoms with Crippen molar-refractivity contribution < 1.29 is 10.2 Å². The van der Waals surface area contributed by atoms with Crippen LogP contribution in [0.5, 0.6) is 0 Å². The molecule has 0 amide bonds. The van der Waals surface area contributed by atoms with Gasteiger partial charge in [0.25, 0.3) is 0 Å². The van der Waals surface area contributed by atoms with Crippen molar-refractivity contribution in [1.82, 2.24) is 0 Å². The van der Waals surface area contributed by atoms with Crippen LogP contribution in [-0.2, 0) is 0 Å². The third kappa shape index (κ3) is 5.43. The van der Waals surface area contributed by atoms with Crippen LogP contribution in [0.4, 0.5) is 0 Å². The largest absolute Gasteiger partial charge is 0.390 e. The van der Waals surface area contributed by atoms with E-state index < -0.39 is 27.1 Å². The number of benzene rings is 4. The monoisotopic (exact) mass is 473 g/mol. The molecular weight excluding hydrogens is 442 g/mol. The smallest absolute Gasteiger partial charge is 0.178 e. The van der Waals surface area contributed by atoms with Crippen LogP contribution in [0.15, 0.2) is 121 Å². The summed E-state index contributed by atoms with van der Waals surface area (Å²) in [6.45, 7) is 1.84. The van der Waals surface area contributed by atoms with Gasteiger partial charge >= 0.3 is 0 Å². The van der Waals surface area contributed by atoms with E-state index in [1.807, 2.05) is 55.5 Å². The quantitative estimate of drug-likeness (QED) is 0.352. The molecule has 2 N–H and O–H groups in total. The Morgan fingerprint density at radius 1 is 0.606 bits per heavy atom. The predicted octanol–water partition coefficient (Wildman–Crippen LogP) is 4.49. The molecule has 0 saturated carbocycles. The Balaban J connectivity index is 1.84. The molecule has 0 aliphatic carbocycles. The summed E-state index contributed by atoms with van der Waals surface area (Å²) >= 11 is 0. The molecule has 4 rings (SSSR count). The van der Waals surface area contributed by atoms with Gasteiger partial charge in [0.1, 0.15) is 17.9 Å². The molecule has 0 bridgehead atoms. The second-order valence-electron chi connectivity index (χ2n) is 8.33. The Bertz CT molecular complexity index is 1020. The van der Waals surface area contributed by atoms with E-state index in [1.54, 1.807) is 0 Å². The van der Waals surface area contributed by atoms with Crippen LogP contribution < -0.4 is 21.2 Å². The second-order valence-corrected chi connectivity index (χ2v) is 14.3. The summed E-state index contributed by atoms with van der Waals surface area (Å²) < 4.78 is 0. The van der Waals surface area contributed by atoms with Crippen molar-refractivity contribution in [1.29, 1.82) is 0 Å². The van der Waals surface area contributed by atoms with Crippen molar-refractivity contribution in [2.24, 2.45) is 0 Å². The van der Waals surface area contributed by atoms with Crippen molar-refractivity contribution in [2.45, 2.75) is 18.9 Å². The van der Waals surface area contributed by atoms with E-state index in [0.717, 1.165) is 10.6 Å². The van der Waals surface area contributed by atoms with E-state index in [9.17, 15) is 10.2 Å². The van der Waals surface area contributed by atoms with Crippen LogP contribution in [0.1, 0.15) is 6.92 Å². The molecule has 0 aromatic heterocycles. The molecule has 2 unspecified atom stereocenters. The zero-order chi connectivity index (χ0) is 23.1. The van der Waals surface area contributed by atoms with Crippen LogP contribution in [0.3, 0.4) is 0 Å². The fraction of sp³-hybridized carbons (Fsp3) is 0.172. The van der Waals surface area contributed by atoms with Crippen LogP contribution in [0, 0.1) is 0 Å². The molecule has 4 aromatic rings. The van der Waals surface area contributed by atoms with Gasteiger partial charge in [-0.25, -0.2) is 0 Å². The molecule has 0 spiro atoms. The van der Waals surface area contributed by atoms with Crippen LogP contribution in [0.2, 0.25) is 0 Å². The first kappa shape index (κ1) is 23.8. The van der Waals surface area contributed by atoms with Crippen molar-refractivity contribution >= 4 is 36.4 Å². The lowest BCUT2D eigenvalue weighted by molar-refractivity contribution is 0.215. The number of rotatable bonds is 9. The van der Waals surface area contributed by atoms with Crippen LogP contribution >= 0.6 is 15.2 Å². The minimum absolute atomic E-state index is 0.520. The first-order chi connectivity index (χ1) is 16.1. The van der Waals surface area contributed by atoms with Gasteiger partial charge in [-0.05, 0) is 49.7 Å². The molecule has 4 aromatic carbocycles. The highest BCUT2D eigenvalue weighted by atomic mass is 31.2. The third-order valence-corrected chi connectivity index (χ3v) is 13.6. The second kappa shape index (κ2) is 11.2. The van der Waals surface area contributed by atoms with Gasteiger partial charge in [0, 0.05) is 6.16 Å². The molecule has 0 aliphatic rings. The average Bonchev–Trinajstić information content (AvgIpc) is 2.87. The SMILES string of the molecule is CC(O)C[P+](c1ccccc1)(c1ccccc1)C(O)CP(c1ccccc1)c1ccccc1. The Morgan fingerprint density at radius 3 is 1.33 bits per heavy atom. The van der Waals surface area contributed by atoms with Gasteiger partial charge < -0.3 is 10.2 Å². The summed E-state index contributed by atoms with van der Waals surface area (Å²) in [5, 5.41) is 27.6. The highest BCUT2D eigenvalue weighted by Crippen LogP contribution is 2.62. The lowest BCUT2D eigenvalue weighted by atomic mass is 10.4. The fourth-order valence-corrected chi connectivity index (χ4v) is 12.1. The number of hydrogen-bond acceptors (Lipinski definition) is 2. The molecule has 0 radical (unpaired) electrons. The molecule has 33 heavy (non-hydrogen) atoms. The summed E-state index contributed by atoms with van der Waals surface area (Å²) in [5.41, 5.74) is 0.